The van der Waals surface area contributed by atoms with E-state index in [0.29, 0.717) is 12.3 Å². The average Bonchev–Trinajstić information content (AvgIpc) is 2.50. The summed E-state index contributed by atoms with van der Waals surface area (Å²) in [6.45, 7) is 8.30. The quantitative estimate of drug-likeness (QED) is 0.570. The van der Waals surface area contributed by atoms with Crippen molar-refractivity contribution in [3.8, 4) is 0 Å². The van der Waals surface area contributed by atoms with Gasteiger partial charge in [0.1, 0.15) is 6.29 Å². The highest BCUT2D eigenvalue weighted by molar-refractivity contribution is 6.54. The van der Waals surface area contributed by atoms with Gasteiger partial charge in [-0.05, 0) is 58.3 Å². The van der Waals surface area contributed by atoms with Gasteiger partial charge in [-0.15, -0.1) is 0 Å². The standard InChI is InChI=1S/C14H23BO3/c1-13(2)14(3,4)18-15(17-13)12-7-5-11(6-8-12)9-10-16/h7,10-11H,5-6,8-9H2,1-4H3/t11-/m1/s1. The number of hydrogen-bond donors (Lipinski definition) is 0. The molecule has 0 saturated carbocycles. The van der Waals surface area contributed by atoms with Gasteiger partial charge in [0.05, 0.1) is 11.2 Å². The van der Waals surface area contributed by atoms with Crippen LogP contribution in [0.5, 0.6) is 0 Å². The van der Waals surface area contributed by atoms with E-state index in [1.807, 2.05) is 0 Å². The Hall–Kier alpha value is -0.605. The van der Waals surface area contributed by atoms with E-state index in [9.17, 15) is 4.79 Å². The maximum atomic E-state index is 10.5. The Bertz CT molecular complexity index is 344. The molecule has 0 amide bonds. The van der Waals surface area contributed by atoms with Crippen LogP contribution in [0.4, 0.5) is 0 Å². The highest BCUT2D eigenvalue weighted by atomic mass is 16.7. The van der Waals surface area contributed by atoms with E-state index in [2.05, 4.69) is 33.8 Å². The van der Waals surface area contributed by atoms with Crippen LogP contribution < -0.4 is 0 Å². The summed E-state index contributed by atoms with van der Waals surface area (Å²) in [6, 6.07) is 0. The minimum atomic E-state index is -0.266. The smallest absolute Gasteiger partial charge is 0.400 e. The third-order valence-electron chi connectivity index (χ3n) is 4.54. The van der Waals surface area contributed by atoms with Crippen molar-refractivity contribution < 1.29 is 14.1 Å². The minimum absolute atomic E-state index is 0.202. The fourth-order valence-electron chi connectivity index (χ4n) is 2.47. The summed E-state index contributed by atoms with van der Waals surface area (Å²) >= 11 is 0. The van der Waals surface area contributed by atoms with Crippen LogP contribution in [0.15, 0.2) is 11.5 Å². The largest absolute Gasteiger partial charge is 0.490 e. The first-order valence-corrected chi connectivity index (χ1v) is 6.84. The van der Waals surface area contributed by atoms with Crippen LogP contribution in [0.2, 0.25) is 0 Å². The number of aldehydes is 1. The molecule has 1 atom stereocenters. The summed E-state index contributed by atoms with van der Waals surface area (Å²) in [7, 11) is -0.202. The van der Waals surface area contributed by atoms with Crippen molar-refractivity contribution in [1.29, 1.82) is 0 Å². The first-order chi connectivity index (χ1) is 8.36. The van der Waals surface area contributed by atoms with Gasteiger partial charge in [-0.25, -0.2) is 0 Å². The number of carbonyl (C=O) groups is 1. The second-order valence-corrected chi connectivity index (χ2v) is 6.41. The Balaban J connectivity index is 2.01. The molecule has 2 rings (SSSR count). The van der Waals surface area contributed by atoms with Gasteiger partial charge >= 0.3 is 7.12 Å². The molecule has 100 valence electrons. The molecule has 3 nitrogen and oxygen atoms in total. The van der Waals surface area contributed by atoms with E-state index in [-0.39, 0.29) is 18.3 Å². The molecule has 0 bridgehead atoms. The molecule has 1 heterocycles. The van der Waals surface area contributed by atoms with E-state index < -0.39 is 0 Å². The van der Waals surface area contributed by atoms with Crippen LogP contribution in [0, 0.1) is 5.92 Å². The lowest BCUT2D eigenvalue weighted by Crippen LogP contribution is -2.41. The van der Waals surface area contributed by atoms with Crippen LogP contribution in [-0.2, 0) is 14.1 Å². The Morgan fingerprint density at radius 2 is 1.94 bits per heavy atom. The van der Waals surface area contributed by atoms with Crippen molar-refractivity contribution in [2.45, 2.75) is 64.6 Å². The third-order valence-corrected chi connectivity index (χ3v) is 4.54. The zero-order chi connectivity index (χ0) is 13.4. The van der Waals surface area contributed by atoms with E-state index in [1.165, 1.54) is 5.47 Å². The van der Waals surface area contributed by atoms with Gasteiger partial charge in [-0.1, -0.05) is 6.08 Å². The summed E-state index contributed by atoms with van der Waals surface area (Å²) in [5, 5.41) is 0. The fraction of sp³-hybridized carbons (Fsp3) is 0.786. The van der Waals surface area contributed by atoms with Crippen LogP contribution in [-0.4, -0.2) is 24.6 Å². The summed E-state index contributed by atoms with van der Waals surface area (Å²) in [5.41, 5.74) is 0.715. The molecule has 1 aliphatic carbocycles. The van der Waals surface area contributed by atoms with Gasteiger partial charge in [0, 0.05) is 6.42 Å². The molecule has 0 spiro atoms. The highest BCUT2D eigenvalue weighted by Crippen LogP contribution is 2.40. The molecule has 0 radical (unpaired) electrons. The predicted octanol–water partition coefficient (Wildman–Crippen LogP) is 2.93. The summed E-state index contributed by atoms with van der Waals surface area (Å²) < 4.78 is 12.1. The average molecular weight is 250 g/mol. The highest BCUT2D eigenvalue weighted by Gasteiger charge is 2.52. The third kappa shape index (κ3) is 2.55. The van der Waals surface area contributed by atoms with E-state index in [1.54, 1.807) is 0 Å². The van der Waals surface area contributed by atoms with Crippen molar-refractivity contribution >= 4 is 13.4 Å². The molecular weight excluding hydrogens is 227 g/mol. The second kappa shape index (κ2) is 4.82. The SMILES string of the molecule is CC1(C)OB(C2=CC[C@@H](CC=O)CC2)OC1(C)C. The minimum Gasteiger partial charge on any atom is -0.400 e. The molecule has 0 N–H and O–H groups in total. The first kappa shape index (κ1) is 13.8. The van der Waals surface area contributed by atoms with E-state index in [0.717, 1.165) is 25.5 Å². The van der Waals surface area contributed by atoms with Crippen molar-refractivity contribution in [3.63, 3.8) is 0 Å². The van der Waals surface area contributed by atoms with Gasteiger partial charge in [-0.3, -0.25) is 0 Å². The molecule has 0 aromatic rings. The lowest BCUT2D eigenvalue weighted by atomic mass is 9.70. The van der Waals surface area contributed by atoms with Crippen LogP contribution in [0.3, 0.4) is 0 Å². The maximum Gasteiger partial charge on any atom is 0.490 e. The van der Waals surface area contributed by atoms with E-state index in [4.69, 9.17) is 9.31 Å². The number of hydrogen-bond acceptors (Lipinski definition) is 3. The van der Waals surface area contributed by atoms with Crippen molar-refractivity contribution in [1.82, 2.24) is 0 Å². The summed E-state index contributed by atoms with van der Waals surface area (Å²) in [4.78, 5) is 10.5. The molecule has 0 unspecified atom stereocenters. The zero-order valence-electron chi connectivity index (χ0n) is 11.9. The van der Waals surface area contributed by atoms with Crippen LogP contribution in [0.25, 0.3) is 0 Å². The topological polar surface area (TPSA) is 35.5 Å². The molecule has 0 aromatic heterocycles. The molecule has 4 heteroatoms. The molecule has 2 aliphatic rings. The Morgan fingerprint density at radius 3 is 2.39 bits per heavy atom. The van der Waals surface area contributed by atoms with Crippen LogP contribution >= 0.6 is 0 Å². The lowest BCUT2D eigenvalue weighted by Gasteiger charge is -2.32. The molecule has 1 saturated heterocycles. The molecule has 18 heavy (non-hydrogen) atoms. The zero-order valence-corrected chi connectivity index (χ0v) is 11.9. The number of allylic oxidation sites excluding steroid dienone is 2. The van der Waals surface area contributed by atoms with Crippen LogP contribution in [0.1, 0.15) is 53.4 Å². The van der Waals surface area contributed by atoms with Crippen molar-refractivity contribution in [3.05, 3.63) is 11.5 Å². The predicted molar refractivity (Wildman–Crippen MR) is 72.2 cm³/mol. The fourth-order valence-corrected chi connectivity index (χ4v) is 2.47. The lowest BCUT2D eigenvalue weighted by molar-refractivity contribution is -0.108. The molecule has 1 fully saturated rings. The summed E-state index contributed by atoms with van der Waals surface area (Å²) in [6.07, 6.45) is 6.92. The van der Waals surface area contributed by atoms with Gasteiger partial charge in [0.25, 0.3) is 0 Å². The van der Waals surface area contributed by atoms with E-state index >= 15 is 0 Å². The molecule has 0 aromatic carbocycles. The van der Waals surface area contributed by atoms with Gasteiger partial charge < -0.3 is 14.1 Å². The van der Waals surface area contributed by atoms with Crippen molar-refractivity contribution in [2.75, 3.05) is 0 Å². The Morgan fingerprint density at radius 1 is 1.33 bits per heavy atom. The molecular formula is C14H23BO3. The monoisotopic (exact) mass is 250 g/mol. The number of carbonyl (C=O) groups excluding carboxylic acids is 1. The maximum absolute atomic E-state index is 10.5. The van der Waals surface area contributed by atoms with Gasteiger partial charge in [0.15, 0.2) is 0 Å². The Kier molecular flexibility index (Phi) is 3.70. The normalized spacial score (nSPS) is 30.1. The van der Waals surface area contributed by atoms with Gasteiger partial charge in [-0.2, -0.15) is 0 Å². The second-order valence-electron chi connectivity index (χ2n) is 6.41. The summed E-state index contributed by atoms with van der Waals surface area (Å²) in [5.74, 6) is 0.508. The Labute approximate surface area is 110 Å². The van der Waals surface area contributed by atoms with Gasteiger partial charge in [0.2, 0.25) is 0 Å². The number of rotatable bonds is 3. The van der Waals surface area contributed by atoms with Crippen molar-refractivity contribution in [2.24, 2.45) is 5.92 Å². The first-order valence-electron chi connectivity index (χ1n) is 6.84. The molecule has 1 aliphatic heterocycles.